The number of anilines is 1. The molecule has 1 aliphatic rings. The van der Waals surface area contributed by atoms with Crippen LogP contribution in [0.5, 0.6) is 5.75 Å². The van der Waals surface area contributed by atoms with Gasteiger partial charge in [-0.2, -0.15) is 0 Å². The van der Waals surface area contributed by atoms with Gasteiger partial charge in [0.25, 0.3) is 15.9 Å². The van der Waals surface area contributed by atoms with Crippen molar-refractivity contribution in [2.24, 2.45) is 0 Å². The minimum absolute atomic E-state index is 0.0748. The van der Waals surface area contributed by atoms with Crippen molar-refractivity contribution in [3.63, 3.8) is 0 Å². The molecule has 2 aromatic carbocycles. The largest absolute Gasteiger partial charge is 0.495 e. The summed E-state index contributed by atoms with van der Waals surface area (Å²) in [5.74, 6) is -0.124. The second-order valence-corrected chi connectivity index (χ2v) is 9.15. The van der Waals surface area contributed by atoms with Crippen molar-refractivity contribution in [1.29, 1.82) is 0 Å². The lowest BCUT2D eigenvalue weighted by molar-refractivity contribution is 0.0946. The summed E-state index contributed by atoms with van der Waals surface area (Å²) in [6.45, 7) is 5.36. The molecule has 1 aliphatic heterocycles. The van der Waals surface area contributed by atoms with Gasteiger partial charge in [0.05, 0.1) is 7.11 Å². The average molecular weight is 432 g/mol. The first kappa shape index (κ1) is 22.1. The smallest absolute Gasteiger partial charge is 0.265 e. The third-order valence-electron chi connectivity index (χ3n) is 5.18. The van der Waals surface area contributed by atoms with Crippen molar-refractivity contribution in [2.75, 3.05) is 38.0 Å². The van der Waals surface area contributed by atoms with E-state index in [1.807, 2.05) is 19.1 Å². The zero-order chi connectivity index (χ0) is 21.6. The minimum atomic E-state index is -3.93. The Bertz CT molecular complexity index is 968. The van der Waals surface area contributed by atoms with E-state index in [4.69, 9.17) is 4.74 Å². The lowest BCUT2D eigenvalue weighted by Crippen LogP contribution is -2.37. The van der Waals surface area contributed by atoms with Gasteiger partial charge < -0.3 is 15.0 Å². The van der Waals surface area contributed by atoms with Gasteiger partial charge in [-0.1, -0.05) is 24.1 Å². The van der Waals surface area contributed by atoms with E-state index in [1.54, 1.807) is 18.2 Å². The van der Waals surface area contributed by atoms with E-state index in [0.29, 0.717) is 12.2 Å². The van der Waals surface area contributed by atoms with Crippen LogP contribution in [0, 0.1) is 6.92 Å². The number of hydrogen-bond acceptors (Lipinski definition) is 5. The number of nitrogens with zero attached hydrogens (tertiary/aromatic N) is 1. The quantitative estimate of drug-likeness (QED) is 0.671. The van der Waals surface area contributed by atoms with Gasteiger partial charge in [0.2, 0.25) is 0 Å². The van der Waals surface area contributed by atoms with Crippen LogP contribution >= 0.6 is 0 Å². The van der Waals surface area contributed by atoms with Crippen LogP contribution in [0.15, 0.2) is 47.4 Å². The number of aryl methyl sites for hydroxylation is 1. The fourth-order valence-electron chi connectivity index (χ4n) is 3.47. The third kappa shape index (κ3) is 5.73. The summed E-state index contributed by atoms with van der Waals surface area (Å²) in [4.78, 5) is 14.8. The van der Waals surface area contributed by atoms with E-state index in [2.05, 4.69) is 14.9 Å². The number of carbonyl (C=O) groups excluding carboxylic acids is 1. The number of sulfonamides is 1. The third-order valence-corrected chi connectivity index (χ3v) is 6.58. The van der Waals surface area contributed by atoms with E-state index in [1.165, 1.54) is 38.5 Å². The Labute approximate surface area is 178 Å². The first-order valence-electron chi connectivity index (χ1n) is 10.2. The standard InChI is InChI=1S/C22H29N3O4S/c1-17-6-9-19(10-7-17)24-30(27,28)21-16-18(8-11-20(21)29-2)22(26)23-12-15-25-13-4-3-5-14-25/h6-11,16,24H,3-5,12-15H2,1-2H3,(H,23,26). The first-order chi connectivity index (χ1) is 14.4. The molecule has 0 bridgehead atoms. The van der Waals surface area contributed by atoms with Crippen molar-refractivity contribution in [1.82, 2.24) is 10.2 Å². The van der Waals surface area contributed by atoms with Crippen LogP contribution in [0.3, 0.4) is 0 Å². The molecule has 0 atom stereocenters. The molecule has 2 N–H and O–H groups in total. The number of benzene rings is 2. The van der Waals surface area contributed by atoms with Crippen molar-refractivity contribution >= 4 is 21.6 Å². The molecule has 0 spiro atoms. The highest BCUT2D eigenvalue weighted by Crippen LogP contribution is 2.27. The molecule has 1 heterocycles. The van der Waals surface area contributed by atoms with Crippen LogP contribution in [0.1, 0.15) is 35.2 Å². The van der Waals surface area contributed by atoms with Crippen LogP contribution in [0.25, 0.3) is 0 Å². The summed E-state index contributed by atoms with van der Waals surface area (Å²) in [5.41, 5.74) is 1.75. The van der Waals surface area contributed by atoms with E-state index in [-0.39, 0.29) is 22.1 Å². The summed E-state index contributed by atoms with van der Waals surface area (Å²) in [6.07, 6.45) is 3.66. The summed E-state index contributed by atoms with van der Waals surface area (Å²) in [7, 11) is -2.52. The number of piperidine rings is 1. The van der Waals surface area contributed by atoms with Crippen LogP contribution in [-0.2, 0) is 10.0 Å². The van der Waals surface area contributed by atoms with Crippen molar-refractivity contribution in [3.8, 4) is 5.75 Å². The minimum Gasteiger partial charge on any atom is -0.495 e. The van der Waals surface area contributed by atoms with E-state index in [0.717, 1.165) is 25.2 Å². The zero-order valence-corrected chi connectivity index (χ0v) is 18.3. The number of methoxy groups -OCH3 is 1. The van der Waals surface area contributed by atoms with Gasteiger partial charge in [-0.3, -0.25) is 9.52 Å². The molecule has 1 saturated heterocycles. The molecule has 162 valence electrons. The molecule has 0 unspecified atom stereocenters. The molecule has 0 radical (unpaired) electrons. The van der Waals surface area contributed by atoms with E-state index in [9.17, 15) is 13.2 Å². The Morgan fingerprint density at radius 2 is 1.77 bits per heavy atom. The lowest BCUT2D eigenvalue weighted by Gasteiger charge is -2.26. The fraction of sp³-hybridized carbons (Fsp3) is 0.409. The summed E-state index contributed by atoms with van der Waals surface area (Å²) in [5, 5.41) is 2.88. The lowest BCUT2D eigenvalue weighted by atomic mass is 10.1. The second-order valence-electron chi connectivity index (χ2n) is 7.50. The SMILES string of the molecule is COc1ccc(C(=O)NCCN2CCCCC2)cc1S(=O)(=O)Nc1ccc(C)cc1. The Kier molecular flexibility index (Phi) is 7.33. The molecule has 0 aliphatic carbocycles. The van der Waals surface area contributed by atoms with Crippen LogP contribution < -0.4 is 14.8 Å². The molecule has 7 nitrogen and oxygen atoms in total. The molecule has 30 heavy (non-hydrogen) atoms. The maximum atomic E-state index is 12.9. The highest BCUT2D eigenvalue weighted by Gasteiger charge is 2.22. The Morgan fingerprint density at radius 1 is 1.07 bits per heavy atom. The number of likely N-dealkylation sites (tertiary alicyclic amines) is 1. The van der Waals surface area contributed by atoms with Crippen LogP contribution in [0.4, 0.5) is 5.69 Å². The molecule has 1 amide bonds. The maximum Gasteiger partial charge on any atom is 0.265 e. The van der Waals surface area contributed by atoms with Gasteiger partial charge in [-0.25, -0.2) is 8.42 Å². The fourth-order valence-corrected chi connectivity index (χ4v) is 4.73. The number of carbonyl (C=O) groups is 1. The zero-order valence-electron chi connectivity index (χ0n) is 17.5. The highest BCUT2D eigenvalue weighted by molar-refractivity contribution is 7.92. The van der Waals surface area contributed by atoms with Crippen molar-refractivity contribution in [2.45, 2.75) is 31.1 Å². The Balaban J connectivity index is 1.71. The van der Waals surface area contributed by atoms with Crippen molar-refractivity contribution < 1.29 is 17.9 Å². The molecular formula is C22H29N3O4S. The topological polar surface area (TPSA) is 87.7 Å². The predicted octanol–water partition coefficient (Wildman–Crippen LogP) is 3.02. The van der Waals surface area contributed by atoms with Crippen LogP contribution in [0.2, 0.25) is 0 Å². The molecule has 3 rings (SSSR count). The molecule has 1 fully saturated rings. The molecular weight excluding hydrogens is 402 g/mol. The van der Waals surface area contributed by atoms with E-state index >= 15 is 0 Å². The number of ether oxygens (including phenoxy) is 1. The highest BCUT2D eigenvalue weighted by atomic mass is 32.2. The predicted molar refractivity (Wildman–Crippen MR) is 118 cm³/mol. The van der Waals surface area contributed by atoms with Gasteiger partial charge in [-0.05, 0) is 63.2 Å². The van der Waals surface area contributed by atoms with Gasteiger partial charge >= 0.3 is 0 Å². The molecule has 8 heteroatoms. The van der Waals surface area contributed by atoms with E-state index < -0.39 is 10.0 Å². The summed E-state index contributed by atoms with van der Waals surface area (Å²) < 4.78 is 33.6. The normalized spacial score (nSPS) is 14.9. The summed E-state index contributed by atoms with van der Waals surface area (Å²) >= 11 is 0. The Morgan fingerprint density at radius 3 is 2.43 bits per heavy atom. The van der Waals surface area contributed by atoms with Crippen molar-refractivity contribution in [3.05, 3.63) is 53.6 Å². The number of nitrogens with one attached hydrogen (secondary N) is 2. The number of rotatable bonds is 8. The molecule has 2 aromatic rings. The van der Waals surface area contributed by atoms with Crippen LogP contribution in [-0.4, -0.2) is 52.5 Å². The maximum absolute atomic E-state index is 12.9. The second kappa shape index (κ2) is 9.95. The number of hydrogen-bond donors (Lipinski definition) is 2. The Hall–Kier alpha value is -2.58. The summed E-state index contributed by atoms with van der Waals surface area (Å²) in [6, 6.07) is 11.4. The van der Waals surface area contributed by atoms with Gasteiger partial charge in [0.1, 0.15) is 10.6 Å². The van der Waals surface area contributed by atoms with Gasteiger partial charge in [0, 0.05) is 24.3 Å². The molecule has 0 aromatic heterocycles. The average Bonchev–Trinajstić information content (AvgIpc) is 2.75. The van der Waals surface area contributed by atoms with Gasteiger partial charge in [-0.15, -0.1) is 0 Å². The monoisotopic (exact) mass is 431 g/mol. The molecule has 0 saturated carbocycles. The van der Waals surface area contributed by atoms with Gasteiger partial charge in [0.15, 0.2) is 0 Å². The first-order valence-corrected chi connectivity index (χ1v) is 11.7. The number of amides is 1.